The quantitative estimate of drug-likeness (QED) is 0.772. The maximum absolute atomic E-state index is 12.3. The third kappa shape index (κ3) is 3.42. The molecule has 1 fully saturated rings. The van der Waals surface area contributed by atoms with Gasteiger partial charge in [0.2, 0.25) is 11.8 Å². The molecule has 1 aromatic rings. The Kier molecular flexibility index (Phi) is 4.75. The Bertz CT molecular complexity index is 603. The summed E-state index contributed by atoms with van der Waals surface area (Å²) in [4.78, 5) is 31.8. The lowest BCUT2D eigenvalue weighted by Gasteiger charge is -2.39. The summed E-state index contributed by atoms with van der Waals surface area (Å²) in [6, 6.07) is 1.34. The number of rotatable bonds is 4. The molecular weight excluding hydrogens is 284 g/mol. The summed E-state index contributed by atoms with van der Waals surface area (Å²) < 4.78 is 1.32. The zero-order valence-corrected chi connectivity index (χ0v) is 13.1. The molecule has 0 aromatic carbocycles. The number of piperazine rings is 1. The number of hydrogen-bond donors (Lipinski definition) is 0. The lowest BCUT2D eigenvalue weighted by atomic mass is 10.1. The number of nitriles is 1. The van der Waals surface area contributed by atoms with E-state index < -0.39 is 6.04 Å². The molecular formula is C14H20N6O2. The van der Waals surface area contributed by atoms with E-state index >= 15 is 0 Å². The number of nitrogens with zero attached hydrogens (tertiary/aromatic N) is 6. The summed E-state index contributed by atoms with van der Waals surface area (Å²) in [7, 11) is 0. The largest absolute Gasteiger partial charge is 0.339 e. The van der Waals surface area contributed by atoms with Gasteiger partial charge in [-0.05, 0) is 12.8 Å². The van der Waals surface area contributed by atoms with Gasteiger partial charge in [0.25, 0.3) is 5.82 Å². The minimum Gasteiger partial charge on any atom is -0.339 e. The van der Waals surface area contributed by atoms with E-state index in [1.54, 1.807) is 11.8 Å². The SMILES string of the molecule is CC(C)CN1CCN(C(=O)Cn2cnc(C#N)n2)C(C)C1=O. The number of carbonyl (C=O) groups is 2. The van der Waals surface area contributed by atoms with Crippen molar-refractivity contribution in [3.05, 3.63) is 12.2 Å². The third-order valence-electron chi connectivity index (χ3n) is 3.59. The molecule has 1 atom stereocenters. The summed E-state index contributed by atoms with van der Waals surface area (Å²) in [5.74, 6) is 0.209. The van der Waals surface area contributed by atoms with E-state index in [1.807, 2.05) is 11.0 Å². The molecule has 2 heterocycles. The molecule has 0 bridgehead atoms. The van der Waals surface area contributed by atoms with Gasteiger partial charge in [-0.3, -0.25) is 9.59 Å². The van der Waals surface area contributed by atoms with Gasteiger partial charge < -0.3 is 9.80 Å². The second-order valence-corrected chi connectivity index (χ2v) is 5.82. The van der Waals surface area contributed by atoms with Crippen molar-refractivity contribution in [3.63, 3.8) is 0 Å². The first-order valence-corrected chi connectivity index (χ1v) is 7.30. The maximum atomic E-state index is 12.3. The van der Waals surface area contributed by atoms with Crippen LogP contribution in [0.1, 0.15) is 26.6 Å². The van der Waals surface area contributed by atoms with Crippen LogP contribution in [0.5, 0.6) is 0 Å². The van der Waals surface area contributed by atoms with E-state index in [1.165, 1.54) is 11.0 Å². The van der Waals surface area contributed by atoms with E-state index in [2.05, 4.69) is 23.9 Å². The van der Waals surface area contributed by atoms with Crippen LogP contribution in [0, 0.1) is 17.2 Å². The van der Waals surface area contributed by atoms with Crippen LogP contribution >= 0.6 is 0 Å². The fourth-order valence-electron chi connectivity index (χ4n) is 2.54. The molecule has 0 aliphatic carbocycles. The summed E-state index contributed by atoms with van der Waals surface area (Å²) >= 11 is 0. The summed E-state index contributed by atoms with van der Waals surface area (Å²) in [5.41, 5.74) is 0. The maximum Gasteiger partial charge on any atom is 0.252 e. The molecule has 1 saturated heterocycles. The first-order valence-electron chi connectivity index (χ1n) is 7.30. The molecule has 0 spiro atoms. The van der Waals surface area contributed by atoms with Crippen LogP contribution in [-0.4, -0.2) is 62.1 Å². The monoisotopic (exact) mass is 304 g/mol. The highest BCUT2D eigenvalue weighted by Crippen LogP contribution is 2.13. The Morgan fingerprint density at radius 3 is 2.82 bits per heavy atom. The first-order chi connectivity index (χ1) is 10.4. The fraction of sp³-hybridized carbons (Fsp3) is 0.643. The molecule has 8 nitrogen and oxygen atoms in total. The standard InChI is InChI=1S/C14H20N6O2/c1-10(2)7-18-4-5-20(11(3)14(18)22)13(21)8-19-9-16-12(6-15)17-19/h9-11H,4-5,7-8H2,1-3H3. The van der Waals surface area contributed by atoms with Crippen molar-refractivity contribution in [2.75, 3.05) is 19.6 Å². The van der Waals surface area contributed by atoms with Crippen LogP contribution < -0.4 is 0 Å². The van der Waals surface area contributed by atoms with Crippen LogP contribution in [0.4, 0.5) is 0 Å². The Balaban J connectivity index is 1.99. The number of carbonyl (C=O) groups excluding carboxylic acids is 2. The van der Waals surface area contributed by atoms with E-state index in [0.717, 1.165) is 0 Å². The van der Waals surface area contributed by atoms with E-state index in [4.69, 9.17) is 5.26 Å². The van der Waals surface area contributed by atoms with Gasteiger partial charge in [0.05, 0.1) is 0 Å². The van der Waals surface area contributed by atoms with Crippen molar-refractivity contribution in [1.29, 1.82) is 5.26 Å². The molecule has 0 N–H and O–H groups in total. The highest BCUT2D eigenvalue weighted by atomic mass is 16.2. The van der Waals surface area contributed by atoms with Gasteiger partial charge in [-0.25, -0.2) is 9.67 Å². The minimum atomic E-state index is -0.473. The summed E-state index contributed by atoms with van der Waals surface area (Å²) in [6.07, 6.45) is 1.35. The van der Waals surface area contributed by atoms with Crippen LogP contribution in [0.2, 0.25) is 0 Å². The second kappa shape index (κ2) is 6.56. The fourth-order valence-corrected chi connectivity index (χ4v) is 2.54. The Hall–Kier alpha value is -2.43. The van der Waals surface area contributed by atoms with Gasteiger partial charge in [0.15, 0.2) is 0 Å². The molecule has 0 saturated carbocycles. The van der Waals surface area contributed by atoms with Crippen molar-refractivity contribution in [1.82, 2.24) is 24.6 Å². The molecule has 0 radical (unpaired) electrons. The van der Waals surface area contributed by atoms with Gasteiger partial charge in [0.1, 0.15) is 25.0 Å². The average molecular weight is 304 g/mol. The van der Waals surface area contributed by atoms with Crippen molar-refractivity contribution in [2.45, 2.75) is 33.4 Å². The summed E-state index contributed by atoms with van der Waals surface area (Å²) in [6.45, 7) is 7.62. The Morgan fingerprint density at radius 2 is 2.23 bits per heavy atom. The summed E-state index contributed by atoms with van der Waals surface area (Å²) in [5, 5.41) is 12.5. The van der Waals surface area contributed by atoms with Crippen molar-refractivity contribution in [3.8, 4) is 6.07 Å². The number of amides is 2. The van der Waals surface area contributed by atoms with Gasteiger partial charge in [0, 0.05) is 19.6 Å². The average Bonchev–Trinajstić information content (AvgIpc) is 2.91. The molecule has 118 valence electrons. The zero-order valence-electron chi connectivity index (χ0n) is 13.1. The predicted octanol–water partition coefficient (Wildman–Crippen LogP) is -0.135. The van der Waals surface area contributed by atoms with Gasteiger partial charge >= 0.3 is 0 Å². The van der Waals surface area contributed by atoms with E-state index in [-0.39, 0.29) is 24.2 Å². The second-order valence-electron chi connectivity index (χ2n) is 5.82. The lowest BCUT2D eigenvalue weighted by molar-refractivity contribution is -0.151. The molecule has 2 amide bonds. The van der Waals surface area contributed by atoms with Crippen molar-refractivity contribution >= 4 is 11.8 Å². The molecule has 1 aliphatic rings. The highest BCUT2D eigenvalue weighted by molar-refractivity contribution is 5.88. The van der Waals surface area contributed by atoms with Gasteiger partial charge in [-0.1, -0.05) is 13.8 Å². The van der Waals surface area contributed by atoms with Crippen LogP contribution in [0.25, 0.3) is 0 Å². The minimum absolute atomic E-state index is 0.0174. The molecule has 8 heteroatoms. The topological polar surface area (TPSA) is 95.1 Å². The third-order valence-corrected chi connectivity index (χ3v) is 3.59. The number of hydrogen-bond acceptors (Lipinski definition) is 5. The predicted molar refractivity (Wildman–Crippen MR) is 77.3 cm³/mol. The smallest absolute Gasteiger partial charge is 0.252 e. The molecule has 1 aliphatic heterocycles. The van der Waals surface area contributed by atoms with Crippen molar-refractivity contribution < 1.29 is 9.59 Å². The van der Waals surface area contributed by atoms with Crippen LogP contribution in [0.3, 0.4) is 0 Å². The van der Waals surface area contributed by atoms with Crippen LogP contribution in [-0.2, 0) is 16.1 Å². The van der Waals surface area contributed by atoms with E-state index in [0.29, 0.717) is 25.6 Å². The molecule has 1 unspecified atom stereocenters. The molecule has 1 aromatic heterocycles. The first kappa shape index (κ1) is 15.9. The Morgan fingerprint density at radius 1 is 1.50 bits per heavy atom. The van der Waals surface area contributed by atoms with Crippen molar-refractivity contribution in [2.24, 2.45) is 5.92 Å². The molecule has 2 rings (SSSR count). The van der Waals surface area contributed by atoms with E-state index in [9.17, 15) is 9.59 Å². The highest BCUT2D eigenvalue weighted by Gasteiger charge is 2.34. The Labute approximate surface area is 129 Å². The van der Waals surface area contributed by atoms with Gasteiger partial charge in [-0.2, -0.15) is 5.26 Å². The van der Waals surface area contributed by atoms with Crippen LogP contribution in [0.15, 0.2) is 6.33 Å². The number of aromatic nitrogens is 3. The normalized spacial score (nSPS) is 18.7. The van der Waals surface area contributed by atoms with Gasteiger partial charge in [-0.15, -0.1) is 5.10 Å². The lowest BCUT2D eigenvalue weighted by Crippen LogP contribution is -2.58. The molecule has 22 heavy (non-hydrogen) atoms. The zero-order chi connectivity index (χ0) is 16.3.